The second kappa shape index (κ2) is 12.5. The smallest absolute Gasteiger partial charge is 0.242 e. The monoisotopic (exact) mass is 574 g/mol. The van der Waals surface area contributed by atoms with E-state index in [0.717, 1.165) is 6.26 Å². The van der Waals surface area contributed by atoms with Gasteiger partial charge in [-0.15, -0.1) is 0 Å². The van der Waals surface area contributed by atoms with Crippen LogP contribution in [0.5, 0.6) is 0 Å². The van der Waals surface area contributed by atoms with Crippen LogP contribution in [0.2, 0.25) is 0 Å². The number of nitrogens with zero attached hydrogens (tertiary/aromatic N) is 1. The Morgan fingerprint density at radius 1 is 1.02 bits per heavy atom. The number of halogens is 3. The summed E-state index contributed by atoms with van der Waals surface area (Å²) < 4.78 is 69.5. The van der Waals surface area contributed by atoms with Crippen LogP contribution >= 0.6 is 0 Å². The van der Waals surface area contributed by atoms with Gasteiger partial charge in [-0.25, -0.2) is 21.6 Å². The van der Waals surface area contributed by atoms with Gasteiger partial charge in [0.2, 0.25) is 15.9 Å². The molecule has 7 nitrogen and oxygen atoms in total. The molecule has 1 amide bonds. The van der Waals surface area contributed by atoms with E-state index in [2.05, 4.69) is 10.6 Å². The first-order chi connectivity index (χ1) is 19.0. The number of anilines is 1. The Morgan fingerprint density at radius 3 is 2.20 bits per heavy atom. The van der Waals surface area contributed by atoms with Gasteiger partial charge in [-0.05, 0) is 67.3 Å². The molecule has 1 aliphatic heterocycles. The lowest BCUT2D eigenvalue weighted by molar-refractivity contribution is -0.117. The van der Waals surface area contributed by atoms with Gasteiger partial charge < -0.3 is 16.4 Å². The quantitative estimate of drug-likeness (QED) is 0.361. The van der Waals surface area contributed by atoms with Gasteiger partial charge in [0.25, 0.3) is 0 Å². The minimum atomic E-state index is -3.49. The molecule has 214 valence electrons. The summed E-state index contributed by atoms with van der Waals surface area (Å²) in [5.74, 6) is -3.18. The lowest BCUT2D eigenvalue weighted by Gasteiger charge is -2.39. The predicted octanol–water partition coefficient (Wildman–Crippen LogP) is 3.76. The molecule has 1 heterocycles. The Morgan fingerprint density at radius 2 is 1.62 bits per heavy atom. The molecule has 11 heteroatoms. The Balaban J connectivity index is 1.58. The standard InChI is InChI=1S/C29H33F3N4O3S/c1-18-16-34-17-23(36(18)40(2,38)39)12-13-24-25(32)10-5-11-26(24)35-29(37)28(33)27(19-6-3-8-21(30)14-19)20-7-4-9-22(31)15-20/h3-11,14-15,18,23,27-28,34H,12-13,16-17,33H2,1-2H3,(H,35,37)/t18-,23-,28-/m0/s1. The predicted molar refractivity (Wildman–Crippen MR) is 149 cm³/mol. The number of rotatable bonds is 9. The first kappa shape index (κ1) is 29.7. The van der Waals surface area contributed by atoms with Crippen molar-refractivity contribution >= 4 is 21.6 Å². The molecule has 0 spiro atoms. The second-order valence-corrected chi connectivity index (χ2v) is 12.0. The van der Waals surface area contributed by atoms with Crippen LogP contribution in [0.1, 0.15) is 36.0 Å². The minimum absolute atomic E-state index is 0.153. The number of carbonyl (C=O) groups excluding carboxylic acids is 1. The van der Waals surface area contributed by atoms with Crippen molar-refractivity contribution in [1.29, 1.82) is 0 Å². The molecule has 1 saturated heterocycles. The van der Waals surface area contributed by atoms with Crippen molar-refractivity contribution in [2.24, 2.45) is 5.73 Å². The van der Waals surface area contributed by atoms with Gasteiger partial charge in [0, 0.05) is 42.3 Å². The van der Waals surface area contributed by atoms with Crippen LogP contribution in [0.15, 0.2) is 66.7 Å². The summed E-state index contributed by atoms with van der Waals surface area (Å²) in [5.41, 5.74) is 7.57. The first-order valence-corrected chi connectivity index (χ1v) is 14.8. The van der Waals surface area contributed by atoms with Crippen molar-refractivity contribution in [3.05, 3.63) is 101 Å². The molecule has 0 saturated carbocycles. The molecule has 0 aliphatic carbocycles. The third-order valence-corrected chi connectivity index (χ3v) is 8.60. The van der Waals surface area contributed by atoms with E-state index in [0.29, 0.717) is 30.6 Å². The topological polar surface area (TPSA) is 105 Å². The number of benzene rings is 3. The van der Waals surface area contributed by atoms with Gasteiger partial charge in [-0.1, -0.05) is 30.3 Å². The number of sulfonamides is 1. The molecule has 3 aromatic rings. The maximum absolute atomic E-state index is 15.0. The van der Waals surface area contributed by atoms with Crippen LogP contribution in [0.3, 0.4) is 0 Å². The molecule has 0 unspecified atom stereocenters. The van der Waals surface area contributed by atoms with Crippen LogP contribution in [-0.4, -0.2) is 56.1 Å². The zero-order valence-electron chi connectivity index (χ0n) is 22.3. The van der Waals surface area contributed by atoms with Crippen molar-refractivity contribution in [3.63, 3.8) is 0 Å². The van der Waals surface area contributed by atoms with E-state index in [9.17, 15) is 22.0 Å². The summed E-state index contributed by atoms with van der Waals surface area (Å²) in [4.78, 5) is 13.4. The summed E-state index contributed by atoms with van der Waals surface area (Å²) in [5, 5.41) is 5.91. The van der Waals surface area contributed by atoms with Crippen molar-refractivity contribution in [3.8, 4) is 0 Å². The highest BCUT2D eigenvalue weighted by Gasteiger charge is 2.34. The SMILES string of the molecule is C[C@H]1CNC[C@H](CCc2c(F)cccc2NC(=O)[C@@H](N)C(c2cccc(F)c2)c2cccc(F)c2)N1S(C)(=O)=O. The van der Waals surface area contributed by atoms with Gasteiger partial charge in [0.1, 0.15) is 17.5 Å². The summed E-state index contributed by atoms with van der Waals surface area (Å²) in [7, 11) is -3.49. The molecule has 1 fully saturated rings. The van der Waals surface area contributed by atoms with Crippen molar-refractivity contribution < 1.29 is 26.4 Å². The molecule has 3 atom stereocenters. The van der Waals surface area contributed by atoms with Crippen LogP contribution in [0, 0.1) is 17.5 Å². The number of nitrogens with two attached hydrogens (primary N) is 1. The summed E-state index contributed by atoms with van der Waals surface area (Å²) >= 11 is 0. The Hall–Kier alpha value is -3.25. The highest BCUT2D eigenvalue weighted by atomic mass is 32.2. The normalized spacial score (nSPS) is 19.0. The van der Waals surface area contributed by atoms with Crippen LogP contribution in [0.4, 0.5) is 18.9 Å². The van der Waals surface area contributed by atoms with Gasteiger partial charge in [-0.2, -0.15) is 4.31 Å². The highest BCUT2D eigenvalue weighted by molar-refractivity contribution is 7.88. The molecule has 40 heavy (non-hydrogen) atoms. The minimum Gasteiger partial charge on any atom is -0.324 e. The molecule has 0 bridgehead atoms. The molecule has 3 aromatic carbocycles. The summed E-state index contributed by atoms with van der Waals surface area (Å²) in [6, 6.07) is 13.5. The average Bonchev–Trinajstić information content (AvgIpc) is 2.88. The van der Waals surface area contributed by atoms with Crippen molar-refractivity contribution in [2.75, 3.05) is 24.7 Å². The fourth-order valence-electron chi connectivity index (χ4n) is 5.44. The molecule has 4 rings (SSSR count). The summed E-state index contributed by atoms with van der Waals surface area (Å²) in [6.45, 7) is 2.74. The zero-order valence-corrected chi connectivity index (χ0v) is 23.1. The Labute approximate surface area is 232 Å². The maximum Gasteiger partial charge on any atom is 0.242 e. The van der Waals surface area contributed by atoms with Gasteiger partial charge in [0.05, 0.1) is 12.3 Å². The largest absolute Gasteiger partial charge is 0.324 e. The molecular weight excluding hydrogens is 541 g/mol. The van der Waals surface area contributed by atoms with E-state index in [4.69, 9.17) is 5.73 Å². The number of nitrogens with one attached hydrogen (secondary N) is 2. The van der Waals surface area contributed by atoms with E-state index >= 15 is 4.39 Å². The van der Waals surface area contributed by atoms with E-state index in [1.165, 1.54) is 52.8 Å². The number of amides is 1. The first-order valence-electron chi connectivity index (χ1n) is 13.0. The van der Waals surface area contributed by atoms with Crippen LogP contribution in [-0.2, 0) is 21.2 Å². The number of carbonyl (C=O) groups is 1. The van der Waals surface area contributed by atoms with E-state index in [-0.39, 0.29) is 23.7 Å². The van der Waals surface area contributed by atoms with Crippen molar-refractivity contribution in [1.82, 2.24) is 9.62 Å². The number of piperazine rings is 1. The number of hydrogen-bond donors (Lipinski definition) is 3. The molecule has 4 N–H and O–H groups in total. The van der Waals surface area contributed by atoms with E-state index < -0.39 is 51.4 Å². The van der Waals surface area contributed by atoms with Crippen LogP contribution < -0.4 is 16.4 Å². The second-order valence-electron chi connectivity index (χ2n) is 10.2. The summed E-state index contributed by atoms with van der Waals surface area (Å²) in [6.07, 6.45) is 1.63. The van der Waals surface area contributed by atoms with E-state index in [1.54, 1.807) is 18.2 Å². The molecule has 0 aromatic heterocycles. The van der Waals surface area contributed by atoms with E-state index in [1.807, 2.05) is 6.92 Å². The zero-order chi connectivity index (χ0) is 29.0. The molecule has 1 aliphatic rings. The van der Waals surface area contributed by atoms with Gasteiger partial charge in [-0.3, -0.25) is 4.79 Å². The van der Waals surface area contributed by atoms with Gasteiger partial charge >= 0.3 is 0 Å². The highest BCUT2D eigenvalue weighted by Crippen LogP contribution is 2.30. The maximum atomic E-state index is 15.0. The number of hydrogen-bond acceptors (Lipinski definition) is 5. The fraction of sp³-hybridized carbons (Fsp3) is 0.345. The lowest BCUT2D eigenvalue weighted by atomic mass is 9.84. The molecular formula is C29H33F3N4O3S. The third-order valence-electron chi connectivity index (χ3n) is 7.18. The lowest BCUT2D eigenvalue weighted by Crippen LogP contribution is -2.58. The average molecular weight is 575 g/mol. The Bertz CT molecular complexity index is 1420. The molecule has 0 radical (unpaired) electrons. The Kier molecular flexibility index (Phi) is 9.29. The van der Waals surface area contributed by atoms with Crippen LogP contribution in [0.25, 0.3) is 0 Å². The third kappa shape index (κ3) is 6.90. The van der Waals surface area contributed by atoms with Crippen molar-refractivity contribution in [2.45, 2.75) is 43.8 Å². The van der Waals surface area contributed by atoms with Gasteiger partial charge in [0.15, 0.2) is 0 Å². The fourth-order valence-corrected chi connectivity index (χ4v) is 6.89.